The molecule has 0 fully saturated rings. The molecule has 2 aromatic rings. The number of hydrogen-bond acceptors (Lipinski definition) is 4. The highest BCUT2D eigenvalue weighted by atomic mass is 32.2. The quantitative estimate of drug-likeness (QED) is 0.854. The predicted octanol–water partition coefficient (Wildman–Crippen LogP) is 3.07. The summed E-state index contributed by atoms with van der Waals surface area (Å²) in [6.07, 6.45) is 3.87. The number of nitrogens with one attached hydrogen (secondary N) is 1. The van der Waals surface area contributed by atoms with Crippen molar-refractivity contribution in [2.45, 2.75) is 30.6 Å². The van der Waals surface area contributed by atoms with Gasteiger partial charge in [-0.2, -0.15) is 0 Å². The van der Waals surface area contributed by atoms with E-state index in [1.165, 1.54) is 19.2 Å². The molecule has 0 saturated heterocycles. The number of rotatable bonds is 5. The topological polar surface area (TPSA) is 92.7 Å². The fourth-order valence-electron chi connectivity index (χ4n) is 3.10. The van der Waals surface area contributed by atoms with Gasteiger partial charge in [0.15, 0.2) is 0 Å². The molecule has 0 aromatic heterocycles. The Kier molecular flexibility index (Phi) is 4.67. The SMILES string of the molecule is COc1ccc(C(=O)O)cc1S(=O)(=O)Nc1cccc2c1CCCC2. The van der Waals surface area contributed by atoms with Gasteiger partial charge < -0.3 is 9.84 Å². The lowest BCUT2D eigenvalue weighted by Crippen LogP contribution is -2.17. The average Bonchev–Trinajstić information content (AvgIpc) is 2.61. The molecule has 7 heteroatoms. The molecule has 132 valence electrons. The number of anilines is 1. The van der Waals surface area contributed by atoms with E-state index in [1.807, 2.05) is 12.1 Å². The van der Waals surface area contributed by atoms with Crippen LogP contribution in [0.2, 0.25) is 0 Å². The number of methoxy groups -OCH3 is 1. The number of carbonyl (C=O) groups is 1. The summed E-state index contributed by atoms with van der Waals surface area (Å²) in [7, 11) is -2.64. The zero-order valence-corrected chi connectivity index (χ0v) is 14.6. The minimum Gasteiger partial charge on any atom is -0.495 e. The molecule has 3 rings (SSSR count). The van der Waals surface area contributed by atoms with Crippen LogP contribution in [0.25, 0.3) is 0 Å². The van der Waals surface area contributed by atoms with E-state index in [1.54, 1.807) is 6.07 Å². The third kappa shape index (κ3) is 3.46. The lowest BCUT2D eigenvalue weighted by molar-refractivity contribution is 0.0696. The van der Waals surface area contributed by atoms with Crippen LogP contribution in [0.15, 0.2) is 41.3 Å². The Bertz CT molecular complexity index is 921. The summed E-state index contributed by atoms with van der Waals surface area (Å²) in [5.41, 5.74) is 2.58. The molecule has 25 heavy (non-hydrogen) atoms. The summed E-state index contributed by atoms with van der Waals surface area (Å²) in [6, 6.07) is 9.34. The second kappa shape index (κ2) is 6.76. The molecule has 0 radical (unpaired) electrons. The van der Waals surface area contributed by atoms with Crippen molar-refractivity contribution in [3.8, 4) is 5.75 Å². The van der Waals surface area contributed by atoms with Crippen molar-refractivity contribution in [2.24, 2.45) is 0 Å². The third-order valence-electron chi connectivity index (χ3n) is 4.34. The highest BCUT2D eigenvalue weighted by Gasteiger charge is 2.24. The van der Waals surface area contributed by atoms with Gasteiger partial charge in [-0.25, -0.2) is 13.2 Å². The Morgan fingerprint density at radius 2 is 1.92 bits per heavy atom. The maximum Gasteiger partial charge on any atom is 0.335 e. The van der Waals surface area contributed by atoms with Crippen molar-refractivity contribution in [3.63, 3.8) is 0 Å². The minimum atomic E-state index is -3.98. The Labute approximate surface area is 146 Å². The van der Waals surface area contributed by atoms with E-state index in [-0.39, 0.29) is 16.2 Å². The smallest absolute Gasteiger partial charge is 0.335 e. The van der Waals surface area contributed by atoms with E-state index in [9.17, 15) is 13.2 Å². The van der Waals surface area contributed by atoms with Gasteiger partial charge in [0.1, 0.15) is 10.6 Å². The molecule has 6 nitrogen and oxygen atoms in total. The Morgan fingerprint density at radius 3 is 2.64 bits per heavy atom. The van der Waals surface area contributed by atoms with Crippen LogP contribution in [0.3, 0.4) is 0 Å². The summed E-state index contributed by atoms with van der Waals surface area (Å²) >= 11 is 0. The van der Waals surface area contributed by atoms with Gasteiger partial charge in [0, 0.05) is 0 Å². The van der Waals surface area contributed by atoms with Crippen LogP contribution in [-0.2, 0) is 22.9 Å². The van der Waals surface area contributed by atoms with E-state index in [2.05, 4.69) is 4.72 Å². The molecule has 0 unspecified atom stereocenters. The van der Waals surface area contributed by atoms with Gasteiger partial charge in [0.05, 0.1) is 18.4 Å². The second-order valence-corrected chi connectivity index (χ2v) is 7.58. The average molecular weight is 361 g/mol. The normalized spacial score (nSPS) is 13.8. The molecule has 0 saturated carbocycles. The van der Waals surface area contributed by atoms with E-state index in [0.717, 1.165) is 42.9 Å². The van der Waals surface area contributed by atoms with Gasteiger partial charge in [0.25, 0.3) is 10.0 Å². The number of fused-ring (bicyclic) bond motifs is 1. The van der Waals surface area contributed by atoms with Gasteiger partial charge in [0.2, 0.25) is 0 Å². The zero-order valence-electron chi connectivity index (χ0n) is 13.8. The number of carboxylic acids is 1. The first-order chi connectivity index (χ1) is 11.9. The molecule has 0 heterocycles. The zero-order chi connectivity index (χ0) is 18.0. The molecule has 1 aliphatic carbocycles. The number of hydrogen-bond donors (Lipinski definition) is 2. The molecule has 1 aliphatic rings. The number of aryl methyl sites for hydroxylation is 1. The van der Waals surface area contributed by atoms with Crippen molar-refractivity contribution in [1.82, 2.24) is 0 Å². The maximum atomic E-state index is 12.9. The molecule has 0 aliphatic heterocycles. The van der Waals surface area contributed by atoms with Crippen LogP contribution in [0.1, 0.15) is 34.3 Å². The van der Waals surface area contributed by atoms with Crippen LogP contribution >= 0.6 is 0 Å². The van der Waals surface area contributed by atoms with Crippen LogP contribution in [0, 0.1) is 0 Å². The van der Waals surface area contributed by atoms with Gasteiger partial charge in [-0.3, -0.25) is 4.72 Å². The monoisotopic (exact) mass is 361 g/mol. The number of ether oxygens (including phenoxy) is 1. The van der Waals surface area contributed by atoms with E-state index in [4.69, 9.17) is 9.84 Å². The van der Waals surface area contributed by atoms with Crippen molar-refractivity contribution >= 4 is 21.7 Å². The Morgan fingerprint density at radius 1 is 1.16 bits per heavy atom. The molecule has 0 atom stereocenters. The summed E-state index contributed by atoms with van der Waals surface area (Å²) < 4.78 is 33.4. The standard InChI is InChI=1S/C18H19NO5S/c1-24-16-10-9-13(18(20)21)11-17(16)25(22,23)19-15-8-4-6-12-5-2-3-7-14(12)15/h4,6,8-11,19H,2-3,5,7H2,1H3,(H,20,21). The number of sulfonamides is 1. The first-order valence-electron chi connectivity index (χ1n) is 7.97. The van der Waals surface area contributed by atoms with Crippen LogP contribution in [0.4, 0.5) is 5.69 Å². The molecular formula is C18H19NO5S. The highest BCUT2D eigenvalue weighted by Crippen LogP contribution is 2.31. The summed E-state index contributed by atoms with van der Waals surface area (Å²) in [5.74, 6) is -1.10. The second-order valence-electron chi connectivity index (χ2n) is 5.93. The van der Waals surface area contributed by atoms with Crippen molar-refractivity contribution in [2.75, 3.05) is 11.8 Å². The summed E-state index contributed by atoms with van der Waals surface area (Å²) in [6.45, 7) is 0. The summed E-state index contributed by atoms with van der Waals surface area (Å²) in [4.78, 5) is 11.0. The van der Waals surface area contributed by atoms with E-state index in [0.29, 0.717) is 5.69 Å². The predicted molar refractivity (Wildman–Crippen MR) is 93.8 cm³/mol. The van der Waals surface area contributed by atoms with E-state index >= 15 is 0 Å². The van der Waals surface area contributed by atoms with Crippen LogP contribution in [0.5, 0.6) is 5.75 Å². The van der Waals surface area contributed by atoms with Gasteiger partial charge >= 0.3 is 5.97 Å². The third-order valence-corrected chi connectivity index (χ3v) is 5.73. The van der Waals surface area contributed by atoms with Crippen LogP contribution < -0.4 is 9.46 Å². The van der Waals surface area contributed by atoms with Gasteiger partial charge in [-0.05, 0) is 61.1 Å². The lowest BCUT2D eigenvalue weighted by atomic mass is 9.91. The highest BCUT2D eigenvalue weighted by molar-refractivity contribution is 7.92. The van der Waals surface area contributed by atoms with Crippen molar-refractivity contribution in [3.05, 3.63) is 53.1 Å². The molecule has 2 aromatic carbocycles. The van der Waals surface area contributed by atoms with Gasteiger partial charge in [-0.1, -0.05) is 12.1 Å². The van der Waals surface area contributed by atoms with E-state index < -0.39 is 16.0 Å². The lowest BCUT2D eigenvalue weighted by Gasteiger charge is -2.20. The number of aromatic carboxylic acids is 1. The maximum absolute atomic E-state index is 12.9. The molecule has 0 bridgehead atoms. The first kappa shape index (κ1) is 17.3. The molecule has 0 amide bonds. The molecule has 0 spiro atoms. The van der Waals surface area contributed by atoms with Crippen LogP contribution in [-0.4, -0.2) is 26.6 Å². The number of benzene rings is 2. The summed E-state index contributed by atoms with van der Waals surface area (Å²) in [5, 5.41) is 9.13. The Balaban J connectivity index is 2.03. The fourth-order valence-corrected chi connectivity index (χ4v) is 4.39. The minimum absolute atomic E-state index is 0.0994. The first-order valence-corrected chi connectivity index (χ1v) is 9.45. The molecule has 2 N–H and O–H groups in total. The number of carboxylic acid groups (broad SMARTS) is 1. The van der Waals surface area contributed by atoms with Gasteiger partial charge in [-0.15, -0.1) is 0 Å². The molecular weight excluding hydrogens is 342 g/mol. The van der Waals surface area contributed by atoms with Crippen molar-refractivity contribution in [1.29, 1.82) is 0 Å². The fraction of sp³-hybridized carbons (Fsp3) is 0.278. The van der Waals surface area contributed by atoms with Crippen molar-refractivity contribution < 1.29 is 23.1 Å². The largest absolute Gasteiger partial charge is 0.495 e. The Hall–Kier alpha value is -2.54.